The molecule has 1 aromatic heterocycles. The molecule has 1 heterocycles. The van der Waals surface area contributed by atoms with Gasteiger partial charge in [0, 0.05) is 19.0 Å². The van der Waals surface area contributed by atoms with Gasteiger partial charge in [-0.05, 0) is 31.5 Å². The molecule has 15 heavy (non-hydrogen) atoms. The summed E-state index contributed by atoms with van der Waals surface area (Å²) in [6.07, 6.45) is 1.64. The van der Waals surface area contributed by atoms with Gasteiger partial charge in [0.2, 0.25) is 0 Å². The molecule has 0 aliphatic carbocycles. The van der Waals surface area contributed by atoms with Gasteiger partial charge in [-0.2, -0.15) is 0 Å². The van der Waals surface area contributed by atoms with E-state index in [1.807, 2.05) is 39.8 Å². The van der Waals surface area contributed by atoms with Crippen molar-refractivity contribution in [3.63, 3.8) is 0 Å². The maximum absolute atomic E-state index is 11.2. The van der Waals surface area contributed by atoms with Gasteiger partial charge in [-0.1, -0.05) is 13.8 Å². The van der Waals surface area contributed by atoms with Crippen molar-refractivity contribution in [2.75, 3.05) is 17.6 Å². The van der Waals surface area contributed by atoms with Crippen LogP contribution in [-0.4, -0.2) is 22.5 Å². The second-order valence-electron chi connectivity index (χ2n) is 3.07. The smallest absolute Gasteiger partial charge is 0.140 e. The molecule has 0 aromatic carbocycles. The number of aryl methyl sites for hydroxylation is 2. The van der Waals surface area contributed by atoms with Gasteiger partial charge < -0.3 is 0 Å². The van der Waals surface area contributed by atoms with Crippen molar-refractivity contribution in [2.24, 2.45) is 0 Å². The third-order valence-electron chi connectivity index (χ3n) is 1.79. The van der Waals surface area contributed by atoms with Gasteiger partial charge in [-0.25, -0.2) is 9.19 Å². The zero-order chi connectivity index (χ0) is 12.0. The van der Waals surface area contributed by atoms with Crippen molar-refractivity contribution in [3.05, 3.63) is 23.4 Å². The van der Waals surface area contributed by atoms with Crippen LogP contribution in [0.1, 0.15) is 25.1 Å². The fourth-order valence-electron chi connectivity index (χ4n) is 1.11. The third kappa shape index (κ3) is 4.42. The molecule has 0 aliphatic heterocycles. The molecule has 86 valence electrons. The normalized spacial score (nSPS) is 11.3. The average Bonchev–Trinajstić information content (AvgIpc) is 2.18. The summed E-state index contributed by atoms with van der Waals surface area (Å²) >= 11 is 0. The van der Waals surface area contributed by atoms with Crippen LogP contribution in [0.25, 0.3) is 0 Å². The Morgan fingerprint density at radius 3 is 2.20 bits per heavy atom. The van der Waals surface area contributed by atoms with E-state index in [2.05, 4.69) is 4.98 Å². The van der Waals surface area contributed by atoms with Gasteiger partial charge in [0.25, 0.3) is 0 Å². The quantitative estimate of drug-likeness (QED) is 0.779. The van der Waals surface area contributed by atoms with E-state index in [4.69, 9.17) is 0 Å². The first-order valence-corrected chi connectivity index (χ1v) is 6.55. The Morgan fingerprint density at radius 2 is 1.80 bits per heavy atom. The van der Waals surface area contributed by atoms with E-state index in [1.54, 1.807) is 17.6 Å². The summed E-state index contributed by atoms with van der Waals surface area (Å²) in [6, 6.07) is 3.92. The molecule has 0 radical (unpaired) electrons. The molecule has 0 N–H and O–H groups in total. The molecule has 0 bridgehead atoms. The summed E-state index contributed by atoms with van der Waals surface area (Å²) in [4.78, 5) is 4.29. The first kappa shape index (κ1) is 14.1. The van der Waals surface area contributed by atoms with Gasteiger partial charge in [-0.15, -0.1) is 0 Å². The SMILES string of the molecule is CC.Cc1cc(C)nc(N(C)S(C)=O)c1. The van der Waals surface area contributed by atoms with Crippen LogP contribution in [0.3, 0.4) is 0 Å². The lowest BCUT2D eigenvalue weighted by Crippen LogP contribution is -2.20. The van der Waals surface area contributed by atoms with E-state index >= 15 is 0 Å². The van der Waals surface area contributed by atoms with Gasteiger partial charge in [0.05, 0.1) is 0 Å². The van der Waals surface area contributed by atoms with Gasteiger partial charge in [0.1, 0.15) is 16.8 Å². The highest BCUT2D eigenvalue weighted by Gasteiger charge is 2.06. The predicted molar refractivity (Wildman–Crippen MR) is 67.5 cm³/mol. The minimum Gasteiger partial charge on any atom is -0.279 e. The Kier molecular flexibility index (Phi) is 6.17. The minimum absolute atomic E-state index is 0.762. The Balaban J connectivity index is 0.000000921. The van der Waals surface area contributed by atoms with Crippen LogP contribution in [0.15, 0.2) is 12.1 Å². The van der Waals surface area contributed by atoms with E-state index in [1.165, 1.54) is 0 Å². The van der Waals surface area contributed by atoms with Crippen LogP contribution < -0.4 is 4.31 Å². The second-order valence-corrected chi connectivity index (χ2v) is 4.46. The van der Waals surface area contributed by atoms with E-state index in [0.717, 1.165) is 17.1 Å². The Labute approximate surface area is 95.1 Å². The topological polar surface area (TPSA) is 33.2 Å². The van der Waals surface area contributed by atoms with Crippen LogP contribution >= 0.6 is 0 Å². The third-order valence-corrected chi connectivity index (χ3v) is 2.75. The largest absolute Gasteiger partial charge is 0.279 e. The zero-order valence-electron chi connectivity index (χ0n) is 10.4. The molecule has 1 unspecified atom stereocenters. The number of anilines is 1. The fourth-order valence-corrected chi connectivity index (χ4v) is 1.47. The molecule has 1 atom stereocenters. The van der Waals surface area contributed by atoms with Crippen molar-refractivity contribution >= 4 is 16.8 Å². The standard InChI is InChI=1S/C9H14N2OS.C2H6/c1-7-5-8(2)10-9(6-7)11(3)13(4)12;1-2/h5-6H,1-4H3;1-2H3. The van der Waals surface area contributed by atoms with Crippen molar-refractivity contribution in [1.82, 2.24) is 4.98 Å². The van der Waals surface area contributed by atoms with E-state index < -0.39 is 11.0 Å². The molecular formula is C11H20N2OS. The molecule has 1 rings (SSSR count). The number of pyridine rings is 1. The Hall–Kier alpha value is -0.900. The van der Waals surface area contributed by atoms with Crippen LogP contribution in [0.4, 0.5) is 5.82 Å². The highest BCUT2D eigenvalue weighted by molar-refractivity contribution is 7.85. The lowest BCUT2D eigenvalue weighted by Gasteiger charge is -2.15. The van der Waals surface area contributed by atoms with Crippen molar-refractivity contribution < 1.29 is 4.21 Å². The van der Waals surface area contributed by atoms with Crippen molar-refractivity contribution in [3.8, 4) is 0 Å². The van der Waals surface area contributed by atoms with Crippen LogP contribution in [0, 0.1) is 13.8 Å². The Morgan fingerprint density at radius 1 is 1.27 bits per heavy atom. The Bertz CT molecular complexity index is 319. The highest BCUT2D eigenvalue weighted by Crippen LogP contribution is 2.13. The van der Waals surface area contributed by atoms with Crippen molar-refractivity contribution in [2.45, 2.75) is 27.7 Å². The van der Waals surface area contributed by atoms with Gasteiger partial charge in [0.15, 0.2) is 0 Å². The average molecular weight is 228 g/mol. The summed E-state index contributed by atoms with van der Waals surface area (Å²) in [5, 5.41) is 0. The number of hydrogen-bond donors (Lipinski definition) is 0. The fraction of sp³-hybridized carbons (Fsp3) is 0.545. The van der Waals surface area contributed by atoms with E-state index in [9.17, 15) is 4.21 Å². The van der Waals surface area contributed by atoms with Crippen LogP contribution in [-0.2, 0) is 11.0 Å². The van der Waals surface area contributed by atoms with E-state index in [0.29, 0.717) is 0 Å². The maximum Gasteiger partial charge on any atom is 0.140 e. The summed E-state index contributed by atoms with van der Waals surface area (Å²) < 4.78 is 12.8. The summed E-state index contributed by atoms with van der Waals surface area (Å²) in [5.41, 5.74) is 2.09. The van der Waals surface area contributed by atoms with Crippen molar-refractivity contribution in [1.29, 1.82) is 0 Å². The minimum atomic E-state index is -1.01. The molecule has 0 aliphatic rings. The van der Waals surface area contributed by atoms with Gasteiger partial charge in [-0.3, -0.25) is 4.31 Å². The summed E-state index contributed by atoms with van der Waals surface area (Å²) in [5.74, 6) is 0.762. The molecule has 0 spiro atoms. The predicted octanol–water partition coefficient (Wildman–Crippen LogP) is 2.45. The zero-order valence-corrected chi connectivity index (χ0v) is 11.2. The first-order chi connectivity index (χ1) is 7.00. The number of rotatable bonds is 2. The molecule has 3 nitrogen and oxygen atoms in total. The highest BCUT2D eigenvalue weighted by atomic mass is 32.2. The van der Waals surface area contributed by atoms with Crippen LogP contribution in [0.5, 0.6) is 0 Å². The molecule has 0 amide bonds. The maximum atomic E-state index is 11.2. The van der Waals surface area contributed by atoms with E-state index in [-0.39, 0.29) is 0 Å². The van der Waals surface area contributed by atoms with Gasteiger partial charge >= 0.3 is 0 Å². The number of aromatic nitrogens is 1. The molecule has 0 saturated carbocycles. The molecule has 1 aromatic rings. The molecule has 0 saturated heterocycles. The first-order valence-electron chi connectivity index (χ1n) is 5.03. The second kappa shape index (κ2) is 6.56. The van der Waals surface area contributed by atoms with Crippen LogP contribution in [0.2, 0.25) is 0 Å². The number of nitrogens with zero attached hydrogens (tertiary/aromatic N) is 2. The molecule has 0 fully saturated rings. The number of hydrogen-bond acceptors (Lipinski definition) is 2. The lowest BCUT2D eigenvalue weighted by molar-refractivity contribution is 0.685. The summed E-state index contributed by atoms with van der Waals surface area (Å²) in [6.45, 7) is 7.94. The molecule has 4 heteroatoms. The molecular weight excluding hydrogens is 208 g/mol. The lowest BCUT2D eigenvalue weighted by atomic mass is 10.2. The summed E-state index contributed by atoms with van der Waals surface area (Å²) in [7, 11) is 0.768. The monoisotopic (exact) mass is 228 g/mol.